The standard InChI is InChI=1S/C35H31NO6/c1-40-28-18-19-29-24(21-33(38)42-31(29)22-28)20-30(34(39)41-2)36-32(37)23-35(25-12-6-3-7-13-25,26-14-8-4-9-15-26)27-16-10-5-11-17-27/h3-19,21-22,30H,20,23H2,1-2H3,(H,36,37)/t30-/m1/s1. The van der Waals surface area contributed by atoms with Crippen molar-refractivity contribution in [2.24, 2.45) is 0 Å². The Labute approximate surface area is 243 Å². The Morgan fingerprint density at radius 1 is 0.786 bits per heavy atom. The first kappa shape index (κ1) is 28.4. The Balaban J connectivity index is 1.54. The molecule has 0 unspecified atom stereocenters. The maximum absolute atomic E-state index is 14.0. The van der Waals surface area contributed by atoms with Crippen molar-refractivity contribution in [3.63, 3.8) is 0 Å². The van der Waals surface area contributed by atoms with Gasteiger partial charge in [-0.15, -0.1) is 0 Å². The summed E-state index contributed by atoms with van der Waals surface area (Å²) in [7, 11) is 2.79. The van der Waals surface area contributed by atoms with E-state index in [-0.39, 0.29) is 18.7 Å². The van der Waals surface area contributed by atoms with Crippen LogP contribution in [0, 0.1) is 0 Å². The zero-order chi connectivity index (χ0) is 29.5. The van der Waals surface area contributed by atoms with Gasteiger partial charge in [-0.05, 0) is 34.4 Å². The Kier molecular flexibility index (Phi) is 8.48. The number of ether oxygens (including phenoxy) is 2. The van der Waals surface area contributed by atoms with Crippen LogP contribution in [0.15, 0.2) is 124 Å². The van der Waals surface area contributed by atoms with Crippen molar-refractivity contribution in [2.45, 2.75) is 24.3 Å². The highest BCUT2D eigenvalue weighted by Crippen LogP contribution is 2.42. The number of nitrogens with one attached hydrogen (secondary N) is 1. The number of esters is 1. The van der Waals surface area contributed by atoms with E-state index in [4.69, 9.17) is 13.9 Å². The Morgan fingerprint density at radius 2 is 1.33 bits per heavy atom. The molecule has 7 nitrogen and oxygen atoms in total. The van der Waals surface area contributed by atoms with Crippen molar-refractivity contribution in [3.8, 4) is 5.75 Å². The summed E-state index contributed by atoms with van der Waals surface area (Å²) in [5.41, 5.74) is 2.26. The number of carbonyl (C=O) groups is 2. The van der Waals surface area contributed by atoms with Crippen LogP contribution < -0.4 is 15.7 Å². The van der Waals surface area contributed by atoms with Crippen LogP contribution in [0.1, 0.15) is 28.7 Å². The third kappa shape index (κ3) is 5.81. The third-order valence-corrected chi connectivity index (χ3v) is 7.51. The lowest BCUT2D eigenvalue weighted by molar-refractivity contribution is -0.145. The molecule has 0 saturated heterocycles. The van der Waals surface area contributed by atoms with E-state index >= 15 is 0 Å². The van der Waals surface area contributed by atoms with Crippen molar-refractivity contribution in [1.82, 2.24) is 5.32 Å². The van der Waals surface area contributed by atoms with Crippen molar-refractivity contribution in [3.05, 3.63) is 148 Å². The van der Waals surface area contributed by atoms with Crippen LogP contribution in [0.2, 0.25) is 0 Å². The predicted octanol–water partition coefficient (Wildman–Crippen LogP) is 5.43. The van der Waals surface area contributed by atoms with Gasteiger partial charge >= 0.3 is 11.6 Å². The van der Waals surface area contributed by atoms with Gasteiger partial charge in [0.1, 0.15) is 17.4 Å². The van der Waals surface area contributed by atoms with E-state index in [0.717, 1.165) is 16.7 Å². The quantitative estimate of drug-likeness (QED) is 0.139. The molecule has 1 atom stereocenters. The first-order valence-electron chi connectivity index (χ1n) is 13.6. The Morgan fingerprint density at radius 3 is 1.83 bits per heavy atom. The summed E-state index contributed by atoms with van der Waals surface area (Å²) < 4.78 is 15.7. The van der Waals surface area contributed by atoms with Crippen molar-refractivity contribution >= 4 is 22.8 Å². The fourth-order valence-corrected chi connectivity index (χ4v) is 5.52. The number of methoxy groups -OCH3 is 2. The fraction of sp³-hybridized carbons (Fsp3) is 0.171. The van der Waals surface area contributed by atoms with Gasteiger partial charge in [0.25, 0.3) is 0 Å². The number of rotatable bonds is 10. The third-order valence-electron chi connectivity index (χ3n) is 7.51. The highest BCUT2D eigenvalue weighted by molar-refractivity contribution is 5.88. The van der Waals surface area contributed by atoms with Crippen molar-refractivity contribution in [1.29, 1.82) is 0 Å². The number of amides is 1. The van der Waals surface area contributed by atoms with Gasteiger partial charge in [0.2, 0.25) is 5.91 Å². The summed E-state index contributed by atoms with van der Waals surface area (Å²) >= 11 is 0. The number of carbonyl (C=O) groups excluding carboxylic acids is 2. The summed E-state index contributed by atoms with van der Waals surface area (Å²) in [5.74, 6) is -0.446. The minimum atomic E-state index is -1.05. The summed E-state index contributed by atoms with van der Waals surface area (Å²) in [6.45, 7) is 0. The largest absolute Gasteiger partial charge is 0.497 e. The van der Waals surface area contributed by atoms with Crippen molar-refractivity contribution < 1.29 is 23.5 Å². The lowest BCUT2D eigenvalue weighted by atomic mass is 9.67. The number of hydrogen-bond acceptors (Lipinski definition) is 6. The molecule has 4 aromatic carbocycles. The molecule has 42 heavy (non-hydrogen) atoms. The van der Waals surface area contributed by atoms with E-state index in [0.29, 0.717) is 22.3 Å². The molecule has 0 radical (unpaired) electrons. The molecular formula is C35H31NO6. The van der Waals surface area contributed by atoms with Gasteiger partial charge in [0.15, 0.2) is 0 Å². The van der Waals surface area contributed by atoms with Crippen LogP contribution in [-0.4, -0.2) is 32.1 Å². The van der Waals surface area contributed by atoms with E-state index in [1.54, 1.807) is 18.2 Å². The first-order valence-corrected chi connectivity index (χ1v) is 13.6. The van der Waals surface area contributed by atoms with E-state index in [9.17, 15) is 14.4 Å². The average Bonchev–Trinajstić information content (AvgIpc) is 3.03. The Hall–Kier alpha value is -5.17. The highest BCUT2D eigenvalue weighted by atomic mass is 16.5. The predicted molar refractivity (Wildman–Crippen MR) is 161 cm³/mol. The van der Waals surface area contributed by atoms with E-state index < -0.39 is 23.1 Å². The van der Waals surface area contributed by atoms with Gasteiger partial charge in [0.05, 0.1) is 19.6 Å². The molecule has 0 fully saturated rings. The lowest BCUT2D eigenvalue weighted by Crippen LogP contribution is -2.46. The van der Waals surface area contributed by atoms with Gasteiger partial charge in [-0.3, -0.25) is 4.79 Å². The van der Waals surface area contributed by atoms with Gasteiger partial charge in [-0.25, -0.2) is 9.59 Å². The monoisotopic (exact) mass is 561 g/mol. The lowest BCUT2D eigenvalue weighted by Gasteiger charge is -2.36. The molecule has 1 heterocycles. The molecule has 0 bridgehead atoms. The highest BCUT2D eigenvalue weighted by Gasteiger charge is 2.39. The van der Waals surface area contributed by atoms with Gasteiger partial charge < -0.3 is 19.2 Å². The van der Waals surface area contributed by atoms with Crippen LogP contribution >= 0.6 is 0 Å². The van der Waals surface area contributed by atoms with Crippen LogP contribution in [0.25, 0.3) is 11.0 Å². The van der Waals surface area contributed by atoms with Crippen LogP contribution in [0.5, 0.6) is 5.75 Å². The molecular weight excluding hydrogens is 530 g/mol. The molecule has 1 N–H and O–H groups in total. The minimum absolute atomic E-state index is 0.0212. The zero-order valence-corrected chi connectivity index (χ0v) is 23.4. The number of fused-ring (bicyclic) bond motifs is 1. The van der Waals surface area contributed by atoms with Gasteiger partial charge in [-0.1, -0.05) is 91.0 Å². The second-order valence-electron chi connectivity index (χ2n) is 9.98. The molecule has 0 aliphatic rings. The molecule has 0 saturated carbocycles. The van der Waals surface area contributed by atoms with Crippen LogP contribution in [0.4, 0.5) is 0 Å². The molecule has 7 heteroatoms. The second kappa shape index (κ2) is 12.6. The Bertz CT molecular complexity index is 1640. The molecule has 0 aliphatic carbocycles. The zero-order valence-electron chi connectivity index (χ0n) is 23.4. The minimum Gasteiger partial charge on any atom is -0.497 e. The topological polar surface area (TPSA) is 94.8 Å². The molecule has 1 amide bonds. The summed E-state index contributed by atoms with van der Waals surface area (Å²) in [6, 6.07) is 35.0. The van der Waals surface area contributed by atoms with Gasteiger partial charge in [-0.2, -0.15) is 0 Å². The molecule has 0 spiro atoms. The van der Waals surface area contributed by atoms with Gasteiger partial charge in [0, 0.05) is 30.4 Å². The first-order chi connectivity index (χ1) is 20.4. The molecule has 1 aromatic heterocycles. The normalized spacial score (nSPS) is 12.0. The van der Waals surface area contributed by atoms with E-state index in [1.165, 1.54) is 20.3 Å². The SMILES string of the molecule is COC(=O)[C@@H](Cc1cc(=O)oc2cc(OC)ccc12)NC(=O)CC(c1ccccc1)(c1ccccc1)c1ccccc1. The average molecular weight is 562 g/mol. The molecule has 5 aromatic rings. The van der Waals surface area contributed by atoms with E-state index in [2.05, 4.69) is 5.32 Å². The summed E-state index contributed by atoms with van der Waals surface area (Å²) in [5, 5.41) is 3.55. The van der Waals surface area contributed by atoms with Crippen LogP contribution in [0.3, 0.4) is 0 Å². The second-order valence-corrected chi connectivity index (χ2v) is 9.98. The van der Waals surface area contributed by atoms with Crippen molar-refractivity contribution in [2.75, 3.05) is 14.2 Å². The fourth-order valence-electron chi connectivity index (χ4n) is 5.52. The molecule has 0 aliphatic heterocycles. The van der Waals surface area contributed by atoms with E-state index in [1.807, 2.05) is 91.0 Å². The van der Waals surface area contributed by atoms with Crippen LogP contribution in [-0.2, 0) is 26.2 Å². The maximum Gasteiger partial charge on any atom is 0.336 e. The number of benzene rings is 4. The molecule has 5 rings (SSSR count). The summed E-state index contributed by atoms with van der Waals surface area (Å²) in [6.07, 6.45) is 0.0509. The smallest absolute Gasteiger partial charge is 0.336 e. The molecule has 212 valence electrons. The summed E-state index contributed by atoms with van der Waals surface area (Å²) in [4.78, 5) is 39.4. The maximum atomic E-state index is 14.0. The number of hydrogen-bond donors (Lipinski definition) is 1.